The zero-order chi connectivity index (χ0) is 21.1. The molecule has 0 aliphatic carbocycles. The number of halogens is 3. The van der Waals surface area contributed by atoms with Crippen molar-refractivity contribution in [3.05, 3.63) is 41.0 Å². The highest BCUT2D eigenvalue weighted by Gasteiger charge is 2.36. The summed E-state index contributed by atoms with van der Waals surface area (Å²) in [6.45, 7) is 3.51. The average molecular weight is 438 g/mol. The number of methoxy groups -OCH3 is 1. The van der Waals surface area contributed by atoms with Crippen LogP contribution in [-0.2, 0) is 12.7 Å². The summed E-state index contributed by atoms with van der Waals surface area (Å²) in [6, 6.07) is 7.77. The molecule has 11 heteroatoms. The van der Waals surface area contributed by atoms with Gasteiger partial charge in [0.15, 0.2) is 0 Å². The van der Waals surface area contributed by atoms with Crippen molar-refractivity contribution in [2.45, 2.75) is 19.1 Å². The van der Waals surface area contributed by atoms with E-state index in [1.54, 1.807) is 7.11 Å². The number of nitrogens with zero attached hydrogens (tertiary/aromatic N) is 5. The first kappa shape index (κ1) is 20.6. The van der Waals surface area contributed by atoms with Gasteiger partial charge in [-0.1, -0.05) is 11.3 Å². The Kier molecular flexibility index (Phi) is 5.91. The molecule has 160 valence electrons. The van der Waals surface area contributed by atoms with Gasteiger partial charge in [0.25, 0.3) is 0 Å². The summed E-state index contributed by atoms with van der Waals surface area (Å²) in [4.78, 5) is 4.16. The van der Waals surface area contributed by atoms with Gasteiger partial charge in [-0.3, -0.25) is 10.00 Å². The van der Waals surface area contributed by atoms with Crippen molar-refractivity contribution in [1.82, 2.24) is 25.3 Å². The fraction of sp³-hybridized carbons (Fsp3) is 0.421. The molecular formula is C19H21F3N6OS. The molecule has 0 bridgehead atoms. The smallest absolute Gasteiger partial charge is 0.445 e. The number of rotatable bonds is 5. The van der Waals surface area contributed by atoms with Gasteiger partial charge < -0.3 is 9.64 Å². The van der Waals surface area contributed by atoms with Crippen molar-refractivity contribution < 1.29 is 17.9 Å². The van der Waals surface area contributed by atoms with Crippen LogP contribution in [0.4, 0.5) is 18.3 Å². The lowest BCUT2D eigenvalue weighted by Crippen LogP contribution is -2.30. The molecule has 1 fully saturated rings. The fourth-order valence-corrected chi connectivity index (χ4v) is 4.22. The van der Waals surface area contributed by atoms with Gasteiger partial charge in [0.05, 0.1) is 19.0 Å². The van der Waals surface area contributed by atoms with Crippen molar-refractivity contribution in [2.24, 2.45) is 0 Å². The first-order chi connectivity index (χ1) is 14.4. The highest BCUT2D eigenvalue weighted by Crippen LogP contribution is 2.34. The van der Waals surface area contributed by atoms with Crippen molar-refractivity contribution >= 4 is 16.5 Å². The summed E-state index contributed by atoms with van der Waals surface area (Å²) < 4.78 is 43.6. The van der Waals surface area contributed by atoms with Gasteiger partial charge >= 0.3 is 6.18 Å². The highest BCUT2D eigenvalue weighted by atomic mass is 32.1. The maximum Gasteiger partial charge on any atom is 0.445 e. The lowest BCUT2D eigenvalue weighted by atomic mass is 10.1. The number of H-pyrrole nitrogens is 1. The molecule has 1 N–H and O–H groups in total. The second-order valence-corrected chi connectivity index (χ2v) is 7.96. The zero-order valence-corrected chi connectivity index (χ0v) is 17.1. The van der Waals surface area contributed by atoms with Crippen LogP contribution < -0.4 is 9.64 Å². The molecule has 1 aromatic carbocycles. The van der Waals surface area contributed by atoms with Crippen LogP contribution in [0.2, 0.25) is 0 Å². The maximum atomic E-state index is 12.8. The van der Waals surface area contributed by atoms with E-state index in [4.69, 9.17) is 4.74 Å². The van der Waals surface area contributed by atoms with Crippen LogP contribution in [0.15, 0.2) is 30.5 Å². The molecule has 0 radical (unpaired) electrons. The van der Waals surface area contributed by atoms with Crippen molar-refractivity contribution in [3.8, 4) is 17.0 Å². The second-order valence-electron chi connectivity index (χ2n) is 7.00. The molecule has 2 aromatic heterocycles. The first-order valence-electron chi connectivity index (χ1n) is 9.48. The van der Waals surface area contributed by atoms with Crippen molar-refractivity contribution in [3.63, 3.8) is 0 Å². The summed E-state index contributed by atoms with van der Waals surface area (Å²) in [7, 11) is 1.63. The number of benzene rings is 1. The Morgan fingerprint density at radius 1 is 1.10 bits per heavy atom. The number of alkyl halides is 3. The Morgan fingerprint density at radius 3 is 2.60 bits per heavy atom. The van der Waals surface area contributed by atoms with Crippen LogP contribution in [-0.4, -0.2) is 58.6 Å². The Labute approximate surface area is 175 Å². The standard InChI is InChI=1S/C19H21F3N6OS/c1-29-15-5-3-13(4-6-15)16-14(11-23-24-16)12-27-7-2-8-28(10-9-27)18-26-25-17(30-18)19(20,21)22/h3-6,11H,2,7-10,12H2,1H3,(H,23,24). The molecule has 30 heavy (non-hydrogen) atoms. The van der Waals surface area contributed by atoms with Crippen LogP contribution in [0.5, 0.6) is 5.75 Å². The van der Waals surface area contributed by atoms with Crippen LogP contribution in [0, 0.1) is 0 Å². The van der Waals surface area contributed by atoms with Crippen LogP contribution >= 0.6 is 11.3 Å². The minimum absolute atomic E-state index is 0.325. The largest absolute Gasteiger partial charge is 0.497 e. The molecule has 1 aliphatic heterocycles. The van der Waals surface area contributed by atoms with E-state index in [0.29, 0.717) is 42.6 Å². The Hall–Kier alpha value is -2.66. The third kappa shape index (κ3) is 4.57. The SMILES string of the molecule is COc1ccc(-c2[nH]ncc2CN2CCCN(c3nnc(C(F)(F)F)s3)CC2)cc1. The first-order valence-corrected chi connectivity index (χ1v) is 10.3. The van der Waals surface area contributed by atoms with Gasteiger partial charge in [0, 0.05) is 43.9 Å². The summed E-state index contributed by atoms with van der Waals surface area (Å²) in [5.74, 6) is 0.790. The molecule has 3 aromatic rings. The minimum Gasteiger partial charge on any atom is -0.497 e. The topological polar surface area (TPSA) is 70.2 Å². The van der Waals surface area contributed by atoms with E-state index in [-0.39, 0.29) is 0 Å². The quantitative estimate of drug-likeness (QED) is 0.656. The molecule has 7 nitrogen and oxygen atoms in total. The Balaban J connectivity index is 1.41. The van der Waals surface area contributed by atoms with Gasteiger partial charge in [0.1, 0.15) is 5.75 Å². The van der Waals surface area contributed by atoms with E-state index in [1.807, 2.05) is 35.4 Å². The van der Waals surface area contributed by atoms with Gasteiger partial charge in [-0.25, -0.2) is 0 Å². The number of ether oxygens (including phenoxy) is 1. The number of aromatic amines is 1. The normalized spacial score (nSPS) is 15.9. The van der Waals surface area contributed by atoms with E-state index in [0.717, 1.165) is 35.5 Å². The predicted octanol–water partition coefficient (Wildman–Crippen LogP) is 3.67. The summed E-state index contributed by atoms with van der Waals surface area (Å²) in [6.07, 6.45) is -1.80. The number of aromatic nitrogens is 4. The molecule has 3 heterocycles. The number of anilines is 1. The Morgan fingerprint density at radius 2 is 1.90 bits per heavy atom. The monoisotopic (exact) mass is 438 g/mol. The molecule has 0 unspecified atom stereocenters. The lowest BCUT2D eigenvalue weighted by Gasteiger charge is -2.21. The molecule has 4 rings (SSSR count). The fourth-order valence-electron chi connectivity index (χ4n) is 3.46. The van der Waals surface area contributed by atoms with Crippen LogP contribution in [0.3, 0.4) is 0 Å². The van der Waals surface area contributed by atoms with Crippen LogP contribution in [0.1, 0.15) is 17.0 Å². The summed E-state index contributed by atoms with van der Waals surface area (Å²) in [5.41, 5.74) is 3.05. The van der Waals surface area contributed by atoms with E-state index < -0.39 is 11.2 Å². The minimum atomic E-state index is -4.45. The van der Waals surface area contributed by atoms with Gasteiger partial charge in [-0.05, 0) is 30.7 Å². The average Bonchev–Trinajstić information content (AvgIpc) is 3.34. The molecule has 1 saturated heterocycles. The van der Waals surface area contributed by atoms with Crippen molar-refractivity contribution in [1.29, 1.82) is 0 Å². The number of nitrogens with one attached hydrogen (secondary N) is 1. The van der Waals surface area contributed by atoms with Gasteiger partial charge in [0.2, 0.25) is 10.1 Å². The molecule has 0 atom stereocenters. The van der Waals surface area contributed by atoms with Gasteiger partial charge in [-0.15, -0.1) is 10.2 Å². The van der Waals surface area contributed by atoms with E-state index in [9.17, 15) is 13.2 Å². The van der Waals surface area contributed by atoms with E-state index >= 15 is 0 Å². The van der Waals surface area contributed by atoms with E-state index in [2.05, 4.69) is 25.3 Å². The lowest BCUT2D eigenvalue weighted by molar-refractivity contribution is -0.138. The number of hydrogen-bond donors (Lipinski definition) is 1. The van der Waals surface area contributed by atoms with Crippen molar-refractivity contribution in [2.75, 3.05) is 38.2 Å². The van der Waals surface area contributed by atoms with E-state index in [1.165, 1.54) is 0 Å². The third-order valence-electron chi connectivity index (χ3n) is 5.01. The predicted molar refractivity (Wildman–Crippen MR) is 108 cm³/mol. The molecule has 0 spiro atoms. The number of hydrogen-bond acceptors (Lipinski definition) is 7. The second kappa shape index (κ2) is 8.60. The van der Waals surface area contributed by atoms with Crippen LogP contribution in [0.25, 0.3) is 11.3 Å². The maximum absolute atomic E-state index is 12.8. The zero-order valence-electron chi connectivity index (χ0n) is 16.3. The highest BCUT2D eigenvalue weighted by molar-refractivity contribution is 7.15. The molecule has 0 saturated carbocycles. The third-order valence-corrected chi connectivity index (χ3v) is 6.04. The molecule has 0 amide bonds. The molecule has 1 aliphatic rings. The Bertz CT molecular complexity index is 971. The summed E-state index contributed by atoms with van der Waals surface area (Å²) in [5, 5.41) is 13.7. The summed E-state index contributed by atoms with van der Waals surface area (Å²) >= 11 is 0.600. The molecular weight excluding hydrogens is 417 g/mol. The van der Waals surface area contributed by atoms with Gasteiger partial charge in [-0.2, -0.15) is 18.3 Å².